The van der Waals surface area contributed by atoms with Crippen molar-refractivity contribution in [3.63, 3.8) is 0 Å². The molecule has 0 unspecified atom stereocenters. The van der Waals surface area contributed by atoms with Crippen LogP contribution in [-0.2, 0) is 0 Å². The maximum atomic E-state index is 4.60. The van der Waals surface area contributed by atoms with E-state index in [0.29, 0.717) is 0 Å². The predicted molar refractivity (Wildman–Crippen MR) is 59.1 cm³/mol. The summed E-state index contributed by atoms with van der Waals surface area (Å²) in [5, 5.41) is 0. The third kappa shape index (κ3) is 2.55. The van der Waals surface area contributed by atoms with Gasteiger partial charge in [-0.2, -0.15) is 0 Å². The molecule has 0 N–H and O–H groups in total. The second-order valence-electron chi connectivity index (χ2n) is 3.67. The minimum Gasteiger partial charge on any atom is -0.258 e. The van der Waals surface area contributed by atoms with E-state index in [9.17, 15) is 0 Å². The van der Waals surface area contributed by atoms with E-state index >= 15 is 0 Å². The smallest absolute Gasteiger partial charge is 0.0401 e. The second kappa shape index (κ2) is 4.40. The molecule has 1 rings (SSSR count). The summed E-state index contributed by atoms with van der Waals surface area (Å²) in [6.07, 6.45) is 5.77. The molecular weight excluding hydrogens is 158 g/mol. The van der Waals surface area contributed by atoms with Gasteiger partial charge in [-0.25, -0.2) is 0 Å². The topological polar surface area (TPSA) is 12.4 Å². The first kappa shape index (κ1) is 10.2. The van der Waals surface area contributed by atoms with Gasteiger partial charge in [-0.3, -0.25) is 4.99 Å². The van der Waals surface area contributed by atoms with Crippen molar-refractivity contribution in [1.82, 2.24) is 0 Å². The SMILES string of the molecule is CC/C1=C(C)/N=C(C)\C(C)=C/CC1. The van der Waals surface area contributed by atoms with Crippen LogP contribution < -0.4 is 0 Å². The highest BCUT2D eigenvalue weighted by molar-refractivity contribution is 5.98. The van der Waals surface area contributed by atoms with Crippen molar-refractivity contribution in [2.45, 2.75) is 47.0 Å². The van der Waals surface area contributed by atoms with Crippen LogP contribution in [0.2, 0.25) is 0 Å². The molecule has 0 bridgehead atoms. The lowest BCUT2D eigenvalue weighted by atomic mass is 10.0. The lowest BCUT2D eigenvalue weighted by Crippen LogP contribution is -1.99. The van der Waals surface area contributed by atoms with E-state index in [1.807, 2.05) is 0 Å². The van der Waals surface area contributed by atoms with Gasteiger partial charge in [0.1, 0.15) is 0 Å². The van der Waals surface area contributed by atoms with Crippen LogP contribution in [0.25, 0.3) is 0 Å². The highest BCUT2D eigenvalue weighted by atomic mass is 14.8. The van der Waals surface area contributed by atoms with Crippen LogP contribution in [0.15, 0.2) is 27.9 Å². The predicted octanol–water partition coefficient (Wildman–Crippen LogP) is 3.87. The van der Waals surface area contributed by atoms with Crippen LogP contribution in [0.3, 0.4) is 0 Å². The summed E-state index contributed by atoms with van der Waals surface area (Å²) in [5.41, 5.74) is 5.23. The number of nitrogens with zero attached hydrogens (tertiary/aromatic N) is 1. The molecule has 1 nitrogen and oxygen atoms in total. The van der Waals surface area contributed by atoms with Crippen molar-refractivity contribution in [1.29, 1.82) is 0 Å². The molecule has 0 aliphatic carbocycles. The van der Waals surface area contributed by atoms with E-state index in [0.717, 1.165) is 6.42 Å². The van der Waals surface area contributed by atoms with Gasteiger partial charge in [0, 0.05) is 11.4 Å². The van der Waals surface area contributed by atoms with Gasteiger partial charge < -0.3 is 0 Å². The third-order valence-corrected chi connectivity index (χ3v) is 2.74. The Hall–Kier alpha value is -0.850. The molecule has 0 spiro atoms. The highest BCUT2D eigenvalue weighted by Gasteiger charge is 2.04. The maximum Gasteiger partial charge on any atom is 0.0401 e. The molecule has 0 amide bonds. The molecule has 1 heteroatoms. The molecule has 0 saturated carbocycles. The van der Waals surface area contributed by atoms with Crippen molar-refractivity contribution in [3.8, 4) is 0 Å². The number of hydrogen-bond acceptors (Lipinski definition) is 1. The van der Waals surface area contributed by atoms with Crippen molar-refractivity contribution < 1.29 is 0 Å². The van der Waals surface area contributed by atoms with Gasteiger partial charge >= 0.3 is 0 Å². The highest BCUT2D eigenvalue weighted by Crippen LogP contribution is 2.20. The second-order valence-corrected chi connectivity index (χ2v) is 3.67. The fourth-order valence-corrected chi connectivity index (χ4v) is 1.64. The average Bonchev–Trinajstić information content (AvgIpc) is 2.10. The Morgan fingerprint density at radius 3 is 2.62 bits per heavy atom. The first-order chi connectivity index (χ1) is 6.15. The van der Waals surface area contributed by atoms with Crippen LogP contribution in [0, 0.1) is 0 Å². The van der Waals surface area contributed by atoms with Crippen LogP contribution in [0.1, 0.15) is 47.0 Å². The molecule has 0 aromatic heterocycles. The Balaban J connectivity index is 3.01. The fraction of sp³-hybridized carbons (Fsp3) is 0.583. The first-order valence-electron chi connectivity index (χ1n) is 5.06. The molecule has 0 aromatic rings. The van der Waals surface area contributed by atoms with E-state index in [-0.39, 0.29) is 0 Å². The van der Waals surface area contributed by atoms with E-state index < -0.39 is 0 Å². The molecule has 0 fully saturated rings. The van der Waals surface area contributed by atoms with Crippen molar-refractivity contribution >= 4 is 5.71 Å². The van der Waals surface area contributed by atoms with Gasteiger partial charge in [-0.05, 0) is 51.2 Å². The zero-order valence-electron chi connectivity index (χ0n) is 9.15. The lowest BCUT2D eigenvalue weighted by Gasteiger charge is -2.11. The summed E-state index contributed by atoms with van der Waals surface area (Å²) in [5.74, 6) is 0. The molecule has 1 heterocycles. The summed E-state index contributed by atoms with van der Waals surface area (Å²) < 4.78 is 0. The van der Waals surface area contributed by atoms with Gasteiger partial charge in [-0.15, -0.1) is 0 Å². The monoisotopic (exact) mass is 177 g/mol. The van der Waals surface area contributed by atoms with Crippen LogP contribution in [0.4, 0.5) is 0 Å². The van der Waals surface area contributed by atoms with Crippen molar-refractivity contribution in [2.75, 3.05) is 0 Å². The van der Waals surface area contributed by atoms with Gasteiger partial charge in [0.15, 0.2) is 0 Å². The Morgan fingerprint density at radius 1 is 1.31 bits per heavy atom. The normalized spacial score (nSPS) is 32.6. The minimum absolute atomic E-state index is 1.13. The molecule has 0 aromatic carbocycles. The molecule has 1 aliphatic heterocycles. The number of hydrogen-bond donors (Lipinski definition) is 0. The zero-order chi connectivity index (χ0) is 9.84. The number of allylic oxidation sites excluding steroid dienone is 4. The number of rotatable bonds is 1. The molecule has 72 valence electrons. The summed E-state index contributed by atoms with van der Waals surface area (Å²) >= 11 is 0. The summed E-state index contributed by atoms with van der Waals surface area (Å²) in [6.45, 7) is 8.57. The molecule has 13 heavy (non-hydrogen) atoms. The van der Waals surface area contributed by atoms with E-state index in [2.05, 4.69) is 38.8 Å². The Kier molecular flexibility index (Phi) is 3.47. The Labute approximate surface area is 81.3 Å². The molecular formula is C12H19N. The van der Waals surface area contributed by atoms with Gasteiger partial charge in [-0.1, -0.05) is 13.0 Å². The maximum absolute atomic E-state index is 4.60. The van der Waals surface area contributed by atoms with E-state index in [1.165, 1.54) is 35.4 Å². The third-order valence-electron chi connectivity index (χ3n) is 2.74. The number of aliphatic imine (C=N–C) groups is 1. The fourth-order valence-electron chi connectivity index (χ4n) is 1.64. The minimum atomic E-state index is 1.13. The quantitative estimate of drug-likeness (QED) is 0.576. The Morgan fingerprint density at radius 2 is 2.00 bits per heavy atom. The largest absolute Gasteiger partial charge is 0.258 e. The van der Waals surface area contributed by atoms with Crippen LogP contribution in [-0.4, -0.2) is 5.71 Å². The van der Waals surface area contributed by atoms with Crippen molar-refractivity contribution in [2.24, 2.45) is 4.99 Å². The first-order valence-corrected chi connectivity index (χ1v) is 5.06. The molecule has 1 aliphatic rings. The zero-order valence-corrected chi connectivity index (χ0v) is 9.15. The van der Waals surface area contributed by atoms with Gasteiger partial charge in [0.05, 0.1) is 0 Å². The Bertz CT molecular complexity index is 279. The summed E-state index contributed by atoms with van der Waals surface area (Å²) in [4.78, 5) is 4.60. The molecule has 0 atom stereocenters. The summed E-state index contributed by atoms with van der Waals surface area (Å²) in [6, 6.07) is 0. The molecule has 0 saturated heterocycles. The van der Waals surface area contributed by atoms with E-state index in [4.69, 9.17) is 0 Å². The van der Waals surface area contributed by atoms with Crippen molar-refractivity contribution in [3.05, 3.63) is 22.9 Å². The average molecular weight is 177 g/mol. The molecule has 0 radical (unpaired) electrons. The summed E-state index contributed by atoms with van der Waals surface area (Å²) in [7, 11) is 0. The standard InChI is InChI=1S/C12H19N/c1-5-12-8-6-7-9(2)10(3)13-11(12)4/h7H,5-6,8H2,1-4H3/b9-7-,12-11-,13-10-. The van der Waals surface area contributed by atoms with Gasteiger partial charge in [0.25, 0.3) is 0 Å². The lowest BCUT2D eigenvalue weighted by molar-refractivity contribution is 0.873. The van der Waals surface area contributed by atoms with Crippen LogP contribution >= 0.6 is 0 Å². The van der Waals surface area contributed by atoms with Crippen LogP contribution in [0.5, 0.6) is 0 Å². The van der Waals surface area contributed by atoms with E-state index in [1.54, 1.807) is 0 Å². The van der Waals surface area contributed by atoms with Gasteiger partial charge in [0.2, 0.25) is 0 Å².